The zero-order valence-corrected chi connectivity index (χ0v) is 16.2. The van der Waals surface area contributed by atoms with E-state index in [4.69, 9.17) is 0 Å². The molecule has 3 aromatic rings. The second-order valence-corrected chi connectivity index (χ2v) is 7.02. The predicted octanol–water partition coefficient (Wildman–Crippen LogP) is 3.25. The van der Waals surface area contributed by atoms with Gasteiger partial charge in [0.25, 0.3) is 5.78 Å². The van der Waals surface area contributed by atoms with Gasteiger partial charge in [-0.3, -0.25) is 4.79 Å². The number of alkyl halides is 2. The van der Waals surface area contributed by atoms with Crippen LogP contribution in [0.2, 0.25) is 0 Å². The molecule has 3 heterocycles. The Morgan fingerprint density at radius 3 is 2.93 bits per heavy atom. The number of carbonyl (C=O) groups excluding carboxylic acids is 1. The van der Waals surface area contributed by atoms with Crippen LogP contribution in [0.1, 0.15) is 35.4 Å². The maximum atomic E-state index is 13.0. The van der Waals surface area contributed by atoms with Crippen molar-refractivity contribution in [2.75, 3.05) is 11.4 Å². The first-order valence-corrected chi connectivity index (χ1v) is 9.48. The Bertz CT molecular complexity index is 1070. The highest BCUT2D eigenvalue weighted by Gasteiger charge is 2.27. The third kappa shape index (κ3) is 3.64. The highest BCUT2D eigenvalue weighted by Crippen LogP contribution is 2.37. The molecular formula is C20H21F2N5O2. The number of nitrogens with zero attached hydrogens (tertiary/aromatic N) is 5. The maximum Gasteiger partial charge on any atom is 0.387 e. The van der Waals surface area contributed by atoms with Gasteiger partial charge in [-0.15, -0.1) is 0 Å². The molecule has 4 rings (SSSR count). The molecule has 0 saturated carbocycles. The fourth-order valence-electron chi connectivity index (χ4n) is 3.94. The number of rotatable bonds is 5. The van der Waals surface area contributed by atoms with Gasteiger partial charge in [0.2, 0.25) is 5.91 Å². The second kappa shape index (κ2) is 7.73. The highest BCUT2D eigenvalue weighted by molar-refractivity contribution is 5.96. The van der Waals surface area contributed by atoms with Gasteiger partial charge in [-0.25, -0.2) is 9.50 Å². The number of para-hydroxylation sites is 1. The largest absolute Gasteiger partial charge is 0.433 e. The number of ether oxygens (including phenoxy) is 1. The minimum absolute atomic E-state index is 0.0450. The highest BCUT2D eigenvalue weighted by atomic mass is 19.3. The predicted molar refractivity (Wildman–Crippen MR) is 102 cm³/mol. The van der Waals surface area contributed by atoms with Crippen molar-refractivity contribution in [1.29, 1.82) is 0 Å². The van der Waals surface area contributed by atoms with Gasteiger partial charge in [0.05, 0.1) is 5.69 Å². The molecule has 0 saturated heterocycles. The molecule has 0 fully saturated rings. The fourth-order valence-corrected chi connectivity index (χ4v) is 3.94. The van der Waals surface area contributed by atoms with E-state index in [0.717, 1.165) is 35.4 Å². The van der Waals surface area contributed by atoms with E-state index in [1.54, 1.807) is 15.5 Å². The number of aromatic nitrogens is 4. The van der Waals surface area contributed by atoms with E-state index in [9.17, 15) is 13.6 Å². The van der Waals surface area contributed by atoms with Gasteiger partial charge in [0.1, 0.15) is 12.1 Å². The van der Waals surface area contributed by atoms with Crippen molar-refractivity contribution in [1.82, 2.24) is 19.6 Å². The van der Waals surface area contributed by atoms with Crippen molar-refractivity contribution in [3.63, 3.8) is 0 Å². The molecule has 0 radical (unpaired) electrons. The van der Waals surface area contributed by atoms with Crippen molar-refractivity contribution in [3.05, 3.63) is 47.0 Å². The molecule has 1 aromatic carbocycles. The van der Waals surface area contributed by atoms with Crippen LogP contribution >= 0.6 is 0 Å². The normalized spacial score (nSPS) is 13.8. The summed E-state index contributed by atoms with van der Waals surface area (Å²) in [5.41, 5.74) is 3.93. The number of carbonyl (C=O) groups is 1. The van der Waals surface area contributed by atoms with Crippen molar-refractivity contribution in [2.24, 2.45) is 0 Å². The number of fused-ring (bicyclic) bond motifs is 2. The summed E-state index contributed by atoms with van der Waals surface area (Å²) in [5, 5.41) is 4.17. The van der Waals surface area contributed by atoms with Gasteiger partial charge in [-0.2, -0.15) is 18.9 Å². The number of benzene rings is 1. The molecule has 152 valence electrons. The molecule has 0 unspecified atom stereocenters. The maximum absolute atomic E-state index is 13.0. The smallest absolute Gasteiger partial charge is 0.387 e. The quantitative estimate of drug-likeness (QED) is 0.656. The third-order valence-electron chi connectivity index (χ3n) is 5.27. The van der Waals surface area contributed by atoms with Gasteiger partial charge in [0.15, 0.2) is 0 Å². The average molecular weight is 401 g/mol. The van der Waals surface area contributed by atoms with E-state index in [1.807, 2.05) is 19.9 Å². The SMILES string of the molecule is Cc1nc2ncnn2c(C)c1CCC(=O)N1CCCc2cccc(OC(F)F)c21. The van der Waals surface area contributed by atoms with Crippen LogP contribution in [0.25, 0.3) is 5.78 Å². The number of amides is 1. The molecule has 0 atom stereocenters. The summed E-state index contributed by atoms with van der Waals surface area (Å²) in [7, 11) is 0. The lowest BCUT2D eigenvalue weighted by atomic mass is 9.99. The molecule has 9 heteroatoms. The summed E-state index contributed by atoms with van der Waals surface area (Å²) >= 11 is 0. The van der Waals surface area contributed by atoms with Crippen molar-refractivity contribution >= 4 is 17.4 Å². The summed E-state index contributed by atoms with van der Waals surface area (Å²) in [6.07, 6.45) is 3.65. The monoisotopic (exact) mass is 401 g/mol. The molecule has 0 N–H and O–H groups in total. The van der Waals surface area contributed by atoms with E-state index in [-0.39, 0.29) is 18.1 Å². The molecule has 0 aliphatic carbocycles. The Morgan fingerprint density at radius 2 is 2.14 bits per heavy atom. The Morgan fingerprint density at radius 1 is 1.31 bits per heavy atom. The van der Waals surface area contributed by atoms with E-state index in [1.165, 1.54) is 12.4 Å². The minimum atomic E-state index is -2.94. The Kier molecular flexibility index (Phi) is 5.12. The van der Waals surface area contributed by atoms with Crippen LogP contribution in [0, 0.1) is 13.8 Å². The number of hydrogen-bond donors (Lipinski definition) is 0. The fraction of sp³-hybridized carbons (Fsp3) is 0.400. The van der Waals surface area contributed by atoms with E-state index in [0.29, 0.717) is 24.4 Å². The summed E-state index contributed by atoms with van der Waals surface area (Å²) in [4.78, 5) is 23.1. The standard InChI is InChI=1S/C20H21F2N5O2/c1-12-15(13(2)27-20(25-12)23-11-24-27)8-9-17(28)26-10-4-6-14-5-3-7-16(18(14)26)29-19(21)22/h3,5,7,11,19H,4,6,8-10H2,1-2H3. The average Bonchev–Trinajstić information content (AvgIpc) is 3.15. The number of hydrogen-bond acceptors (Lipinski definition) is 5. The van der Waals surface area contributed by atoms with Crippen LogP contribution in [-0.2, 0) is 17.6 Å². The molecule has 1 aliphatic rings. The Labute approximate surface area is 166 Å². The number of aryl methyl sites for hydroxylation is 3. The van der Waals surface area contributed by atoms with Crippen molar-refractivity contribution in [3.8, 4) is 5.75 Å². The van der Waals surface area contributed by atoms with Crippen molar-refractivity contribution < 1.29 is 18.3 Å². The second-order valence-electron chi connectivity index (χ2n) is 7.02. The molecule has 1 amide bonds. The van der Waals surface area contributed by atoms with Crippen LogP contribution in [0.5, 0.6) is 5.75 Å². The lowest BCUT2D eigenvalue weighted by Crippen LogP contribution is -2.36. The molecule has 29 heavy (non-hydrogen) atoms. The van der Waals surface area contributed by atoms with E-state index < -0.39 is 6.61 Å². The van der Waals surface area contributed by atoms with Crippen molar-refractivity contribution in [2.45, 2.75) is 46.1 Å². The zero-order valence-electron chi connectivity index (χ0n) is 16.2. The van der Waals surface area contributed by atoms with Crippen LogP contribution in [0.15, 0.2) is 24.5 Å². The zero-order chi connectivity index (χ0) is 20.5. The first kappa shape index (κ1) is 19.2. The van der Waals surface area contributed by atoms with Crippen LogP contribution in [0.4, 0.5) is 14.5 Å². The summed E-state index contributed by atoms with van der Waals surface area (Å²) in [6, 6.07) is 5.01. The van der Waals surface area contributed by atoms with Gasteiger partial charge >= 0.3 is 6.61 Å². The van der Waals surface area contributed by atoms with Crippen LogP contribution in [0.3, 0.4) is 0 Å². The first-order valence-electron chi connectivity index (χ1n) is 9.48. The summed E-state index contributed by atoms with van der Waals surface area (Å²) < 4.78 is 32.0. The molecular weight excluding hydrogens is 380 g/mol. The van der Waals surface area contributed by atoms with Gasteiger partial charge in [-0.05, 0) is 50.3 Å². The van der Waals surface area contributed by atoms with E-state index in [2.05, 4.69) is 19.8 Å². The van der Waals surface area contributed by atoms with Gasteiger partial charge < -0.3 is 9.64 Å². The Balaban J connectivity index is 1.58. The number of anilines is 1. The lowest BCUT2D eigenvalue weighted by Gasteiger charge is -2.31. The lowest BCUT2D eigenvalue weighted by molar-refractivity contribution is -0.118. The molecule has 7 nitrogen and oxygen atoms in total. The molecule has 0 spiro atoms. The Hall–Kier alpha value is -3.10. The summed E-state index contributed by atoms with van der Waals surface area (Å²) in [6.45, 7) is 1.34. The topological polar surface area (TPSA) is 72.6 Å². The first-order chi connectivity index (χ1) is 14.0. The van der Waals surface area contributed by atoms with Gasteiger partial charge in [-0.1, -0.05) is 12.1 Å². The van der Waals surface area contributed by atoms with Gasteiger partial charge in [0, 0.05) is 24.4 Å². The third-order valence-corrected chi connectivity index (χ3v) is 5.27. The molecule has 2 aromatic heterocycles. The van der Waals surface area contributed by atoms with Crippen LogP contribution in [-0.4, -0.2) is 38.6 Å². The number of halogens is 2. The minimum Gasteiger partial charge on any atom is -0.433 e. The molecule has 1 aliphatic heterocycles. The van der Waals surface area contributed by atoms with Crippen LogP contribution < -0.4 is 9.64 Å². The van der Waals surface area contributed by atoms with E-state index >= 15 is 0 Å². The summed E-state index contributed by atoms with van der Waals surface area (Å²) in [5.74, 6) is 0.436. The molecule has 0 bridgehead atoms.